The fraction of sp³-hybridized carbons (Fsp3) is 0.531. The molecule has 0 unspecified atom stereocenters. The first-order chi connectivity index (χ1) is 22.5. The van der Waals surface area contributed by atoms with Crippen LogP contribution < -0.4 is 15.8 Å². The zero-order valence-corrected chi connectivity index (χ0v) is 28.4. The maximum Gasteiger partial charge on any atom is 0.416 e. The highest BCUT2D eigenvalue weighted by Crippen LogP contribution is 2.34. The van der Waals surface area contributed by atoms with Gasteiger partial charge in [-0.05, 0) is 71.2 Å². The second-order valence-electron chi connectivity index (χ2n) is 12.8. The molecule has 4 heterocycles. The number of fused-ring (bicyclic) bond motifs is 1. The van der Waals surface area contributed by atoms with Gasteiger partial charge in [-0.1, -0.05) is 24.6 Å². The van der Waals surface area contributed by atoms with Crippen molar-refractivity contribution in [2.24, 2.45) is 0 Å². The highest BCUT2D eigenvalue weighted by atomic mass is 35.5. The molecule has 0 bridgehead atoms. The second-order valence-corrected chi connectivity index (χ2v) is 13.2. The number of hydrogen-bond donors (Lipinski definition) is 1. The standard InChI is InChI=1S/C32H39ClF3N7O5/c1-7-24-26(40-12-13-41(19(3)18(40)2)30(46)48-31(4,5)6)28(45)43-29(38-27(39-43)20-10-14-47-15-11-20)42(24)17-25(44)37-23-9-8-21(16-22(23)33)32(34,35)36/h8-10,16,18-19H,7,11-15,17H2,1-6H3,(H,37,44)/t18-,19-/m1/s1. The third-order valence-electron chi connectivity index (χ3n) is 8.46. The maximum atomic E-state index is 14.3. The first kappa shape index (κ1) is 35.2. The third kappa shape index (κ3) is 7.16. The van der Waals surface area contributed by atoms with Gasteiger partial charge in [0, 0.05) is 19.1 Å². The summed E-state index contributed by atoms with van der Waals surface area (Å²) in [5, 5.41) is 6.89. The van der Waals surface area contributed by atoms with Crippen molar-refractivity contribution in [3.05, 3.63) is 56.7 Å². The fourth-order valence-corrected chi connectivity index (χ4v) is 6.16. The topological polar surface area (TPSA) is 123 Å². The number of rotatable bonds is 6. The Labute approximate surface area is 280 Å². The second kappa shape index (κ2) is 13.4. The highest BCUT2D eigenvalue weighted by molar-refractivity contribution is 6.33. The summed E-state index contributed by atoms with van der Waals surface area (Å²) in [6.45, 7) is 12.1. The van der Waals surface area contributed by atoms with Crippen molar-refractivity contribution in [3.8, 4) is 0 Å². The van der Waals surface area contributed by atoms with E-state index in [1.807, 2.05) is 31.7 Å². The van der Waals surface area contributed by atoms with Crippen LogP contribution in [0.25, 0.3) is 11.4 Å². The molecular formula is C32H39ClF3N7O5. The van der Waals surface area contributed by atoms with Gasteiger partial charge in [0.1, 0.15) is 17.8 Å². The Balaban J connectivity index is 1.56. The van der Waals surface area contributed by atoms with E-state index in [4.69, 9.17) is 21.1 Å². The summed E-state index contributed by atoms with van der Waals surface area (Å²) in [4.78, 5) is 49.1. The monoisotopic (exact) mass is 693 g/mol. The van der Waals surface area contributed by atoms with E-state index in [9.17, 15) is 27.6 Å². The molecule has 2 atom stereocenters. The van der Waals surface area contributed by atoms with E-state index in [2.05, 4.69) is 15.4 Å². The largest absolute Gasteiger partial charge is 0.444 e. The molecule has 2 aromatic heterocycles. The Kier molecular flexibility index (Phi) is 9.84. The van der Waals surface area contributed by atoms with Gasteiger partial charge in [0.2, 0.25) is 11.7 Å². The van der Waals surface area contributed by atoms with E-state index in [1.165, 1.54) is 4.52 Å². The molecule has 0 aliphatic carbocycles. The predicted octanol–water partition coefficient (Wildman–Crippen LogP) is 5.40. The van der Waals surface area contributed by atoms with Gasteiger partial charge < -0.3 is 29.2 Å². The number of amides is 2. The van der Waals surface area contributed by atoms with Crippen LogP contribution in [0.1, 0.15) is 65.0 Å². The minimum atomic E-state index is -4.60. The van der Waals surface area contributed by atoms with Gasteiger partial charge in [-0.2, -0.15) is 22.7 Å². The Bertz CT molecular complexity index is 1810. The third-order valence-corrected chi connectivity index (χ3v) is 8.77. The summed E-state index contributed by atoms with van der Waals surface area (Å²) < 4.78 is 53.4. The number of nitrogens with one attached hydrogen (secondary N) is 1. The van der Waals surface area contributed by atoms with E-state index in [0.29, 0.717) is 49.8 Å². The number of ether oxygens (including phenoxy) is 2. The van der Waals surface area contributed by atoms with Gasteiger partial charge in [-0.15, -0.1) is 5.10 Å². The minimum absolute atomic E-state index is 0.000216. The zero-order valence-electron chi connectivity index (χ0n) is 27.7. The SMILES string of the molecule is CCc1c(N2CCN(C(=O)OC(C)(C)C)[C@H](C)[C@H]2C)c(=O)n2nc(C3=CCOCC3)nc2n1CC(=O)Nc1ccc(C(F)(F)F)cc1Cl. The van der Waals surface area contributed by atoms with Crippen LogP contribution in [-0.2, 0) is 33.4 Å². The molecule has 3 aromatic rings. The van der Waals surface area contributed by atoms with Gasteiger partial charge >= 0.3 is 12.3 Å². The van der Waals surface area contributed by atoms with Crippen LogP contribution >= 0.6 is 11.6 Å². The minimum Gasteiger partial charge on any atom is -0.444 e. The van der Waals surface area contributed by atoms with E-state index >= 15 is 0 Å². The summed E-state index contributed by atoms with van der Waals surface area (Å²) in [7, 11) is 0. The van der Waals surface area contributed by atoms with Gasteiger partial charge in [0.25, 0.3) is 5.56 Å². The zero-order chi connectivity index (χ0) is 35.1. The lowest BCUT2D eigenvalue weighted by Crippen LogP contribution is -2.61. The summed E-state index contributed by atoms with van der Waals surface area (Å²) in [5.74, 6) is -0.149. The number of anilines is 2. The average Bonchev–Trinajstić information content (AvgIpc) is 3.46. The molecule has 2 aliphatic heterocycles. The molecule has 0 saturated carbocycles. The lowest BCUT2D eigenvalue weighted by molar-refractivity contribution is -0.137. The first-order valence-electron chi connectivity index (χ1n) is 15.7. The molecule has 1 aromatic carbocycles. The number of nitrogens with zero attached hydrogens (tertiary/aromatic N) is 6. The number of benzene rings is 1. The number of alkyl halides is 3. The van der Waals surface area contributed by atoms with E-state index in [-0.39, 0.29) is 41.7 Å². The van der Waals surface area contributed by atoms with Crippen LogP contribution in [0.4, 0.5) is 29.3 Å². The predicted molar refractivity (Wildman–Crippen MR) is 174 cm³/mol. The van der Waals surface area contributed by atoms with Crippen molar-refractivity contribution in [1.82, 2.24) is 24.1 Å². The van der Waals surface area contributed by atoms with Crippen molar-refractivity contribution in [1.29, 1.82) is 0 Å². The molecule has 260 valence electrons. The van der Waals surface area contributed by atoms with Crippen molar-refractivity contribution in [2.75, 3.05) is 36.5 Å². The average molecular weight is 694 g/mol. The maximum absolute atomic E-state index is 14.3. The quantitative estimate of drug-likeness (QED) is 0.364. The number of aromatic nitrogens is 4. The molecule has 48 heavy (non-hydrogen) atoms. The van der Waals surface area contributed by atoms with E-state index in [1.54, 1.807) is 30.2 Å². The summed E-state index contributed by atoms with van der Waals surface area (Å²) in [6, 6.07) is 1.99. The molecule has 12 nitrogen and oxygen atoms in total. The van der Waals surface area contributed by atoms with Gasteiger partial charge in [0.15, 0.2) is 5.82 Å². The number of carbonyl (C=O) groups is 2. The van der Waals surface area contributed by atoms with Gasteiger partial charge in [-0.25, -0.2) is 4.79 Å². The fourth-order valence-electron chi connectivity index (χ4n) is 5.93. The molecule has 5 rings (SSSR count). The van der Waals surface area contributed by atoms with E-state index in [0.717, 1.165) is 23.8 Å². The van der Waals surface area contributed by atoms with Crippen molar-refractivity contribution >= 4 is 46.3 Å². The molecule has 2 aliphatic rings. The number of hydrogen-bond acceptors (Lipinski definition) is 8. The molecule has 2 amide bonds. The van der Waals surface area contributed by atoms with Crippen LogP contribution in [0.15, 0.2) is 29.1 Å². The van der Waals surface area contributed by atoms with Crippen LogP contribution in [0.2, 0.25) is 5.02 Å². The summed E-state index contributed by atoms with van der Waals surface area (Å²) in [6.07, 6.45) is -2.35. The molecule has 0 spiro atoms. The first-order valence-corrected chi connectivity index (χ1v) is 16.1. The molecule has 1 fully saturated rings. The lowest BCUT2D eigenvalue weighted by Gasteiger charge is -2.46. The van der Waals surface area contributed by atoms with Crippen LogP contribution in [0.3, 0.4) is 0 Å². The van der Waals surface area contributed by atoms with Crippen molar-refractivity contribution < 1.29 is 32.2 Å². The summed E-state index contributed by atoms with van der Waals surface area (Å²) >= 11 is 6.12. The van der Waals surface area contributed by atoms with E-state index < -0.39 is 34.9 Å². The van der Waals surface area contributed by atoms with Gasteiger partial charge in [0.05, 0.1) is 41.2 Å². The molecule has 0 radical (unpaired) electrons. The Morgan fingerprint density at radius 1 is 1.15 bits per heavy atom. The molecule has 16 heteroatoms. The molecule has 1 saturated heterocycles. The number of piperazine rings is 1. The lowest BCUT2D eigenvalue weighted by atomic mass is 10.0. The van der Waals surface area contributed by atoms with Crippen LogP contribution in [-0.4, -0.2) is 80.1 Å². The smallest absolute Gasteiger partial charge is 0.416 e. The van der Waals surface area contributed by atoms with Crippen molar-refractivity contribution in [2.45, 2.75) is 84.8 Å². The Morgan fingerprint density at radius 3 is 2.48 bits per heavy atom. The van der Waals surface area contributed by atoms with Crippen LogP contribution in [0.5, 0.6) is 0 Å². The Morgan fingerprint density at radius 2 is 1.88 bits per heavy atom. The highest BCUT2D eigenvalue weighted by Gasteiger charge is 2.38. The van der Waals surface area contributed by atoms with Crippen molar-refractivity contribution in [3.63, 3.8) is 0 Å². The molecular weight excluding hydrogens is 655 g/mol. The Hall–Kier alpha value is -4.11. The number of carbonyl (C=O) groups excluding carboxylic acids is 2. The molecule has 1 N–H and O–H groups in total. The summed E-state index contributed by atoms with van der Waals surface area (Å²) in [5.41, 5.74) is -0.442. The number of halogens is 4. The van der Waals surface area contributed by atoms with Crippen LogP contribution in [0, 0.1) is 0 Å². The normalized spacial score (nSPS) is 19.0. The van der Waals surface area contributed by atoms with Gasteiger partial charge in [-0.3, -0.25) is 9.59 Å².